The third-order valence-corrected chi connectivity index (χ3v) is 1.82. The zero-order chi connectivity index (χ0) is 12.0. The summed E-state index contributed by atoms with van der Waals surface area (Å²) in [5, 5.41) is 8.70. The van der Waals surface area contributed by atoms with Crippen molar-refractivity contribution in [1.29, 1.82) is 0 Å². The van der Waals surface area contributed by atoms with Crippen LogP contribution in [0, 0.1) is 5.82 Å². The van der Waals surface area contributed by atoms with E-state index in [1.807, 2.05) is 6.92 Å². The summed E-state index contributed by atoms with van der Waals surface area (Å²) in [6, 6.07) is 3.35. The number of halogens is 1. The van der Waals surface area contributed by atoms with Crippen molar-refractivity contribution >= 4 is 5.97 Å². The minimum Gasteiger partial charge on any atom is -0.491 e. The van der Waals surface area contributed by atoms with E-state index < -0.39 is 11.8 Å². The first kappa shape index (κ1) is 12.4. The molecule has 1 N–H and O–H groups in total. The molecule has 0 saturated heterocycles. The summed E-state index contributed by atoms with van der Waals surface area (Å²) in [6.45, 7) is 3.07. The summed E-state index contributed by atoms with van der Waals surface area (Å²) < 4.78 is 23.2. The van der Waals surface area contributed by atoms with Gasteiger partial charge in [0.15, 0.2) is 0 Å². The lowest BCUT2D eigenvalue weighted by molar-refractivity contribution is 0.0695. The Kier molecular flexibility index (Phi) is 4.72. The van der Waals surface area contributed by atoms with Gasteiger partial charge in [-0.25, -0.2) is 9.18 Å². The minimum absolute atomic E-state index is 0.133. The lowest BCUT2D eigenvalue weighted by Gasteiger charge is -2.07. The molecule has 0 fully saturated rings. The molecule has 0 saturated carbocycles. The predicted molar refractivity (Wildman–Crippen MR) is 55.3 cm³/mol. The quantitative estimate of drug-likeness (QED) is 0.756. The maximum absolute atomic E-state index is 13.0. The lowest BCUT2D eigenvalue weighted by atomic mass is 10.2. The molecule has 5 heteroatoms. The van der Waals surface area contributed by atoms with Crippen LogP contribution in [-0.2, 0) is 4.74 Å². The van der Waals surface area contributed by atoms with Gasteiger partial charge in [-0.05, 0) is 19.1 Å². The van der Waals surface area contributed by atoms with Crippen molar-refractivity contribution < 1.29 is 23.8 Å². The second kappa shape index (κ2) is 6.07. The Morgan fingerprint density at radius 3 is 2.75 bits per heavy atom. The van der Waals surface area contributed by atoms with E-state index in [9.17, 15) is 9.18 Å². The fourth-order valence-corrected chi connectivity index (χ4v) is 1.13. The first-order valence-electron chi connectivity index (χ1n) is 4.88. The highest BCUT2D eigenvalue weighted by molar-refractivity contribution is 5.88. The number of carboxylic acid groups (broad SMARTS) is 1. The molecule has 16 heavy (non-hydrogen) atoms. The van der Waals surface area contributed by atoms with E-state index in [-0.39, 0.29) is 17.9 Å². The smallest absolute Gasteiger partial charge is 0.335 e. The average molecular weight is 228 g/mol. The first-order valence-corrected chi connectivity index (χ1v) is 4.88. The van der Waals surface area contributed by atoms with Crippen molar-refractivity contribution in [2.75, 3.05) is 19.8 Å². The van der Waals surface area contributed by atoms with Gasteiger partial charge in [-0.1, -0.05) is 0 Å². The van der Waals surface area contributed by atoms with Crippen LogP contribution in [0.25, 0.3) is 0 Å². The number of hydrogen-bond donors (Lipinski definition) is 1. The standard InChI is InChI=1S/C11H13FO4/c1-2-15-3-4-16-10-6-8(11(13)14)5-9(12)7-10/h5-7H,2-4H2,1H3,(H,13,14). The molecule has 1 aromatic rings. The van der Waals surface area contributed by atoms with Crippen LogP contribution in [0.4, 0.5) is 4.39 Å². The Balaban J connectivity index is 2.62. The van der Waals surface area contributed by atoms with Crippen LogP contribution in [0.1, 0.15) is 17.3 Å². The molecule has 0 atom stereocenters. The van der Waals surface area contributed by atoms with Crippen LogP contribution in [0.3, 0.4) is 0 Å². The van der Waals surface area contributed by atoms with Crippen molar-refractivity contribution in [2.24, 2.45) is 0 Å². The highest BCUT2D eigenvalue weighted by Crippen LogP contribution is 2.16. The van der Waals surface area contributed by atoms with Crippen LogP contribution in [0.2, 0.25) is 0 Å². The van der Waals surface area contributed by atoms with Crippen LogP contribution >= 0.6 is 0 Å². The highest BCUT2D eigenvalue weighted by atomic mass is 19.1. The average Bonchev–Trinajstić information content (AvgIpc) is 2.23. The Morgan fingerprint density at radius 2 is 2.12 bits per heavy atom. The number of carbonyl (C=O) groups is 1. The normalized spacial score (nSPS) is 10.1. The minimum atomic E-state index is -1.19. The number of carboxylic acids is 1. The second-order valence-electron chi connectivity index (χ2n) is 3.03. The summed E-state index contributed by atoms with van der Waals surface area (Å²) in [6.07, 6.45) is 0. The van der Waals surface area contributed by atoms with E-state index in [0.717, 1.165) is 12.1 Å². The van der Waals surface area contributed by atoms with Gasteiger partial charge >= 0.3 is 5.97 Å². The fraction of sp³-hybridized carbons (Fsp3) is 0.364. The molecular weight excluding hydrogens is 215 g/mol. The zero-order valence-electron chi connectivity index (χ0n) is 8.90. The van der Waals surface area contributed by atoms with Gasteiger partial charge in [-0.3, -0.25) is 0 Å². The van der Waals surface area contributed by atoms with Crippen LogP contribution in [0.5, 0.6) is 5.75 Å². The maximum Gasteiger partial charge on any atom is 0.335 e. The van der Waals surface area contributed by atoms with Gasteiger partial charge in [0.25, 0.3) is 0 Å². The molecule has 88 valence electrons. The Bertz CT molecular complexity index is 365. The molecule has 0 aliphatic heterocycles. The van der Waals surface area contributed by atoms with E-state index in [4.69, 9.17) is 14.6 Å². The van der Waals surface area contributed by atoms with E-state index >= 15 is 0 Å². The Labute approximate surface area is 92.6 Å². The van der Waals surface area contributed by atoms with Gasteiger partial charge in [0.05, 0.1) is 12.2 Å². The van der Waals surface area contributed by atoms with E-state index in [1.54, 1.807) is 0 Å². The van der Waals surface area contributed by atoms with Crippen LogP contribution in [-0.4, -0.2) is 30.9 Å². The van der Waals surface area contributed by atoms with Gasteiger partial charge in [0.2, 0.25) is 0 Å². The Hall–Kier alpha value is -1.62. The Morgan fingerprint density at radius 1 is 1.38 bits per heavy atom. The van der Waals surface area contributed by atoms with Gasteiger partial charge in [0, 0.05) is 12.7 Å². The predicted octanol–water partition coefficient (Wildman–Crippen LogP) is 1.94. The summed E-state index contributed by atoms with van der Waals surface area (Å²) in [4.78, 5) is 10.6. The third kappa shape index (κ3) is 3.86. The van der Waals surface area contributed by atoms with Crippen molar-refractivity contribution in [3.05, 3.63) is 29.6 Å². The van der Waals surface area contributed by atoms with Crippen molar-refractivity contribution in [1.82, 2.24) is 0 Å². The van der Waals surface area contributed by atoms with Crippen molar-refractivity contribution in [3.8, 4) is 5.75 Å². The summed E-state index contributed by atoms with van der Waals surface area (Å²) in [5.74, 6) is -1.63. The molecule has 0 heterocycles. The molecule has 0 aliphatic carbocycles. The van der Waals surface area contributed by atoms with E-state index in [1.165, 1.54) is 6.07 Å². The molecule has 1 aromatic carbocycles. The third-order valence-electron chi connectivity index (χ3n) is 1.82. The lowest BCUT2D eigenvalue weighted by Crippen LogP contribution is -2.07. The summed E-state index contributed by atoms with van der Waals surface area (Å²) >= 11 is 0. The monoisotopic (exact) mass is 228 g/mol. The largest absolute Gasteiger partial charge is 0.491 e. The molecule has 0 aliphatic rings. The number of aromatic carboxylic acids is 1. The molecule has 0 unspecified atom stereocenters. The van der Waals surface area contributed by atoms with Crippen LogP contribution in [0.15, 0.2) is 18.2 Å². The second-order valence-corrected chi connectivity index (χ2v) is 3.03. The molecule has 0 spiro atoms. The zero-order valence-corrected chi connectivity index (χ0v) is 8.90. The fourth-order valence-electron chi connectivity index (χ4n) is 1.13. The molecule has 0 amide bonds. The molecule has 4 nitrogen and oxygen atoms in total. The number of benzene rings is 1. The number of ether oxygens (including phenoxy) is 2. The van der Waals surface area contributed by atoms with Gasteiger partial charge < -0.3 is 14.6 Å². The van der Waals surface area contributed by atoms with Gasteiger partial charge in [-0.15, -0.1) is 0 Å². The number of hydrogen-bond acceptors (Lipinski definition) is 3. The van der Waals surface area contributed by atoms with Gasteiger partial charge in [-0.2, -0.15) is 0 Å². The van der Waals surface area contributed by atoms with Crippen molar-refractivity contribution in [2.45, 2.75) is 6.92 Å². The molecular formula is C11H13FO4. The highest BCUT2D eigenvalue weighted by Gasteiger charge is 2.07. The first-order chi connectivity index (χ1) is 7.63. The summed E-state index contributed by atoms with van der Waals surface area (Å²) in [7, 11) is 0. The topological polar surface area (TPSA) is 55.8 Å². The van der Waals surface area contributed by atoms with Crippen molar-refractivity contribution in [3.63, 3.8) is 0 Å². The molecule has 0 radical (unpaired) electrons. The van der Waals surface area contributed by atoms with E-state index in [0.29, 0.717) is 13.2 Å². The van der Waals surface area contributed by atoms with E-state index in [2.05, 4.69) is 0 Å². The number of rotatable bonds is 6. The SMILES string of the molecule is CCOCCOc1cc(F)cc(C(=O)O)c1. The molecule has 1 rings (SSSR count). The molecule has 0 bridgehead atoms. The van der Waals surface area contributed by atoms with Gasteiger partial charge in [0.1, 0.15) is 18.2 Å². The van der Waals surface area contributed by atoms with Crippen LogP contribution < -0.4 is 4.74 Å². The molecule has 0 aromatic heterocycles. The summed E-state index contributed by atoms with van der Waals surface area (Å²) in [5.41, 5.74) is -0.133. The maximum atomic E-state index is 13.0.